The van der Waals surface area contributed by atoms with Crippen LogP contribution in [0.1, 0.15) is 0 Å². The summed E-state index contributed by atoms with van der Waals surface area (Å²) < 4.78 is 12.7. The van der Waals surface area contributed by atoms with Crippen LogP contribution in [0.4, 0.5) is 4.39 Å². The molecule has 0 spiro atoms. The average Bonchev–Trinajstić information content (AvgIpc) is 2.51. The molecule has 0 saturated carbocycles. The lowest BCUT2D eigenvalue weighted by molar-refractivity contribution is 0.284. The number of nitrogens with zero attached hydrogens (tertiary/aromatic N) is 1. The summed E-state index contributed by atoms with van der Waals surface area (Å²) in [7, 11) is 5.33. The topological polar surface area (TPSA) is 39.3 Å². The fourth-order valence-electron chi connectivity index (χ4n) is 1.68. The number of hydrazine groups is 1. The maximum Gasteiger partial charge on any atom is 0.132 e. The number of halogens is 1. The fourth-order valence-corrected chi connectivity index (χ4v) is 1.68. The third kappa shape index (κ3) is 1.43. The molecule has 0 amide bonds. The van der Waals surface area contributed by atoms with Crippen molar-refractivity contribution < 1.29 is 4.39 Å². The molecule has 0 aromatic rings. The van der Waals surface area contributed by atoms with Crippen LogP contribution in [-0.4, -0.2) is 38.5 Å². The maximum atomic E-state index is 12.7. The predicted molar refractivity (Wildman–Crippen MR) is 54.9 cm³/mol. The van der Waals surface area contributed by atoms with Crippen molar-refractivity contribution >= 4 is 0 Å². The maximum absolute atomic E-state index is 12.7. The Labute approximate surface area is 83.8 Å². The molecule has 0 radical (unpaired) electrons. The minimum absolute atomic E-state index is 0.523. The van der Waals surface area contributed by atoms with Crippen molar-refractivity contribution in [1.29, 1.82) is 0 Å². The molecule has 0 aliphatic carbocycles. The minimum Gasteiger partial charge on any atom is -0.294 e. The second kappa shape index (κ2) is 4.08. The van der Waals surface area contributed by atoms with Crippen LogP contribution < -0.4 is 16.1 Å². The van der Waals surface area contributed by atoms with E-state index in [0.717, 1.165) is 5.70 Å². The van der Waals surface area contributed by atoms with Gasteiger partial charge in [0.2, 0.25) is 0 Å². The van der Waals surface area contributed by atoms with E-state index in [2.05, 4.69) is 22.6 Å². The molecule has 0 aromatic carbocycles. The van der Waals surface area contributed by atoms with E-state index >= 15 is 0 Å². The van der Waals surface area contributed by atoms with Crippen LogP contribution in [0.15, 0.2) is 24.0 Å². The number of allylic oxidation sites excluding steroid dienone is 1. The van der Waals surface area contributed by atoms with Crippen molar-refractivity contribution in [1.82, 2.24) is 21.1 Å². The molecule has 14 heavy (non-hydrogen) atoms. The van der Waals surface area contributed by atoms with Crippen molar-refractivity contribution in [2.45, 2.75) is 5.66 Å². The highest BCUT2D eigenvalue weighted by Gasteiger charge is 2.38. The average molecular weight is 200 g/mol. The smallest absolute Gasteiger partial charge is 0.132 e. The Morgan fingerprint density at radius 2 is 2.00 bits per heavy atom. The molecule has 0 aromatic heterocycles. The molecule has 1 heterocycles. The first-order chi connectivity index (χ1) is 6.65. The molecule has 1 rings (SSSR count). The Morgan fingerprint density at radius 3 is 2.29 bits per heavy atom. The molecule has 5 heteroatoms. The molecule has 4 nitrogen and oxygen atoms in total. The van der Waals surface area contributed by atoms with E-state index in [1.165, 1.54) is 0 Å². The SMILES string of the molecule is C=C1N(NC)C(CF)=CC1(NC)NC. The van der Waals surface area contributed by atoms with Gasteiger partial charge >= 0.3 is 0 Å². The molecule has 0 saturated heterocycles. The van der Waals surface area contributed by atoms with Crippen molar-refractivity contribution in [3.63, 3.8) is 0 Å². The van der Waals surface area contributed by atoms with Gasteiger partial charge in [-0.2, -0.15) is 0 Å². The van der Waals surface area contributed by atoms with Gasteiger partial charge < -0.3 is 0 Å². The molecular formula is C9H17FN4. The van der Waals surface area contributed by atoms with Crippen LogP contribution in [-0.2, 0) is 0 Å². The Morgan fingerprint density at radius 1 is 1.43 bits per heavy atom. The molecule has 3 N–H and O–H groups in total. The van der Waals surface area contributed by atoms with Gasteiger partial charge in [0, 0.05) is 7.05 Å². The van der Waals surface area contributed by atoms with E-state index < -0.39 is 12.3 Å². The summed E-state index contributed by atoms with van der Waals surface area (Å²) in [5.41, 5.74) is 3.62. The van der Waals surface area contributed by atoms with Gasteiger partial charge in [0.25, 0.3) is 0 Å². The van der Waals surface area contributed by atoms with Gasteiger partial charge in [-0.15, -0.1) is 0 Å². The molecule has 0 atom stereocenters. The zero-order valence-corrected chi connectivity index (χ0v) is 8.82. The van der Waals surface area contributed by atoms with Gasteiger partial charge in [-0.1, -0.05) is 6.58 Å². The van der Waals surface area contributed by atoms with Crippen molar-refractivity contribution in [3.05, 3.63) is 24.0 Å². The zero-order chi connectivity index (χ0) is 10.8. The van der Waals surface area contributed by atoms with E-state index in [9.17, 15) is 4.39 Å². The first-order valence-electron chi connectivity index (χ1n) is 4.47. The minimum atomic E-state index is -0.551. The summed E-state index contributed by atoms with van der Waals surface area (Å²) in [6.45, 7) is 3.40. The van der Waals surface area contributed by atoms with Crippen molar-refractivity contribution in [3.8, 4) is 0 Å². The van der Waals surface area contributed by atoms with E-state index in [-0.39, 0.29) is 0 Å². The Bertz CT molecular complexity index is 258. The first kappa shape index (κ1) is 11.2. The highest BCUT2D eigenvalue weighted by molar-refractivity contribution is 5.35. The van der Waals surface area contributed by atoms with Gasteiger partial charge in [0.05, 0.1) is 11.4 Å². The van der Waals surface area contributed by atoms with Gasteiger partial charge in [-0.3, -0.25) is 15.6 Å². The molecule has 0 unspecified atom stereocenters. The van der Waals surface area contributed by atoms with Gasteiger partial charge in [0.15, 0.2) is 0 Å². The number of likely N-dealkylation sites (N-methyl/N-ethyl adjacent to an activating group) is 2. The first-order valence-corrected chi connectivity index (χ1v) is 4.47. The second-order valence-electron chi connectivity index (χ2n) is 3.08. The summed E-state index contributed by atoms with van der Waals surface area (Å²) in [4.78, 5) is 0. The number of rotatable bonds is 4. The number of hydrogen-bond acceptors (Lipinski definition) is 4. The lowest BCUT2D eigenvalue weighted by atomic mass is 10.1. The Kier molecular flexibility index (Phi) is 3.25. The van der Waals surface area contributed by atoms with Crippen LogP contribution in [0.5, 0.6) is 0 Å². The Hall–Kier alpha value is -0.910. The largest absolute Gasteiger partial charge is 0.294 e. The van der Waals surface area contributed by atoms with Crippen LogP contribution in [0, 0.1) is 0 Å². The fraction of sp³-hybridized carbons (Fsp3) is 0.556. The standard InChI is InChI=1S/C9H17FN4/c1-7-9(11-2,12-3)5-8(6-10)14(7)13-4/h5,11-13H,1,6H2,2-4H3. The summed E-state index contributed by atoms with van der Waals surface area (Å²) in [6.07, 6.45) is 1.78. The molecule has 1 aliphatic rings. The Balaban J connectivity index is 3.03. The summed E-state index contributed by atoms with van der Waals surface area (Å²) in [5.74, 6) is 0. The molecule has 1 aliphatic heterocycles. The monoisotopic (exact) mass is 200 g/mol. The van der Waals surface area contributed by atoms with Crippen molar-refractivity contribution in [2.24, 2.45) is 0 Å². The third-order valence-corrected chi connectivity index (χ3v) is 2.54. The second-order valence-corrected chi connectivity index (χ2v) is 3.08. The number of alkyl halides is 1. The van der Waals surface area contributed by atoms with E-state index in [1.54, 1.807) is 32.2 Å². The van der Waals surface area contributed by atoms with Gasteiger partial charge in [-0.25, -0.2) is 9.82 Å². The molecular weight excluding hydrogens is 183 g/mol. The lowest BCUT2D eigenvalue weighted by Crippen LogP contribution is -2.54. The molecule has 80 valence electrons. The summed E-state index contributed by atoms with van der Waals surface area (Å²) in [6, 6.07) is 0. The van der Waals surface area contributed by atoms with E-state index in [4.69, 9.17) is 0 Å². The summed E-state index contributed by atoms with van der Waals surface area (Å²) in [5, 5.41) is 7.77. The van der Waals surface area contributed by atoms with Crippen molar-refractivity contribution in [2.75, 3.05) is 27.8 Å². The third-order valence-electron chi connectivity index (χ3n) is 2.54. The van der Waals surface area contributed by atoms with Crippen LogP contribution >= 0.6 is 0 Å². The lowest BCUT2D eigenvalue weighted by Gasteiger charge is -2.31. The number of hydrogen-bond donors (Lipinski definition) is 3. The zero-order valence-electron chi connectivity index (χ0n) is 8.82. The molecule has 0 bridgehead atoms. The quantitative estimate of drug-likeness (QED) is 0.556. The number of nitrogens with one attached hydrogen (secondary N) is 3. The summed E-state index contributed by atoms with van der Waals surface area (Å²) >= 11 is 0. The van der Waals surface area contributed by atoms with Gasteiger partial charge in [0.1, 0.15) is 12.3 Å². The van der Waals surface area contributed by atoms with Crippen LogP contribution in [0.3, 0.4) is 0 Å². The highest BCUT2D eigenvalue weighted by atomic mass is 19.1. The van der Waals surface area contributed by atoms with Crippen LogP contribution in [0.25, 0.3) is 0 Å². The highest BCUT2D eigenvalue weighted by Crippen LogP contribution is 2.28. The normalized spacial score (nSPS) is 20.1. The van der Waals surface area contributed by atoms with E-state index in [1.807, 2.05) is 0 Å². The molecule has 0 fully saturated rings. The predicted octanol–water partition coefficient (Wildman–Crippen LogP) is -0.0614. The van der Waals surface area contributed by atoms with E-state index in [0.29, 0.717) is 5.70 Å². The van der Waals surface area contributed by atoms with Gasteiger partial charge in [-0.05, 0) is 20.2 Å². The van der Waals surface area contributed by atoms with Crippen LogP contribution in [0.2, 0.25) is 0 Å².